The highest BCUT2D eigenvalue weighted by molar-refractivity contribution is 7.80. The number of alkyl carbamates (subject to hydrolysis) is 2. The Balaban J connectivity index is 0.000000198. The quantitative estimate of drug-likeness (QED) is 0.304. The molecule has 51 heavy (non-hydrogen) atoms. The van der Waals surface area contributed by atoms with Gasteiger partial charge in [-0.3, -0.25) is 4.90 Å². The second-order valence-electron chi connectivity index (χ2n) is 16.5. The monoisotopic (exact) mass is 722 g/mol. The molecule has 4 aliphatic rings. The number of rotatable bonds is 6. The Morgan fingerprint density at radius 2 is 1.25 bits per heavy atom. The molecule has 280 valence electrons. The van der Waals surface area contributed by atoms with Gasteiger partial charge in [0.15, 0.2) is 0 Å². The Hall–Kier alpha value is -3.25. The predicted octanol–water partition coefficient (Wildman–Crippen LogP) is 7.05. The third-order valence-corrected chi connectivity index (χ3v) is 11.0. The number of hydrogen-bond donors (Lipinski definition) is 2. The first-order valence-corrected chi connectivity index (χ1v) is 18.7. The predicted molar refractivity (Wildman–Crippen MR) is 203 cm³/mol. The first-order valence-electron chi connectivity index (χ1n) is 18.3. The Morgan fingerprint density at radius 1 is 0.765 bits per heavy atom. The van der Waals surface area contributed by atoms with Gasteiger partial charge in [0.1, 0.15) is 11.2 Å². The van der Waals surface area contributed by atoms with Crippen LogP contribution in [0, 0.1) is 11.8 Å². The molecule has 10 nitrogen and oxygen atoms in total. The number of fused-ring (bicyclic) bond motifs is 2. The van der Waals surface area contributed by atoms with Gasteiger partial charge in [-0.1, -0.05) is 72.9 Å². The summed E-state index contributed by atoms with van der Waals surface area (Å²) in [7, 11) is 0. The molecular weight excluding hydrogens is 665 g/mol. The number of ether oxygens (including phenoxy) is 4. The lowest BCUT2D eigenvalue weighted by molar-refractivity contribution is -0.00178. The normalized spacial score (nSPS) is 27.6. The van der Waals surface area contributed by atoms with E-state index >= 15 is 0 Å². The van der Waals surface area contributed by atoms with Crippen LogP contribution in [0.1, 0.15) is 91.4 Å². The number of carbonyl (C=O) groups is 2. The number of nitrogens with zero attached hydrogens (tertiary/aromatic N) is 2. The van der Waals surface area contributed by atoms with Crippen LogP contribution >= 0.6 is 12.2 Å². The first-order chi connectivity index (χ1) is 24.0. The van der Waals surface area contributed by atoms with Gasteiger partial charge in [0.05, 0.1) is 41.2 Å². The fourth-order valence-electron chi connectivity index (χ4n) is 7.74. The molecule has 2 aromatic carbocycles. The van der Waals surface area contributed by atoms with Crippen LogP contribution in [-0.2, 0) is 18.9 Å². The summed E-state index contributed by atoms with van der Waals surface area (Å²) in [5.74, 6) is 0.282. The number of hydrogen-bond acceptors (Lipinski definition) is 8. The molecule has 0 radical (unpaired) electrons. The zero-order chi connectivity index (χ0) is 37.0. The number of carbonyl (C=O) groups excluding carboxylic acids is 2. The average Bonchev–Trinajstić information content (AvgIpc) is 3.58. The Bertz CT molecular complexity index is 1500. The van der Waals surface area contributed by atoms with E-state index in [-0.39, 0.29) is 29.7 Å². The van der Waals surface area contributed by atoms with E-state index in [9.17, 15) is 9.59 Å². The maximum Gasteiger partial charge on any atom is 0.408 e. The average molecular weight is 723 g/mol. The van der Waals surface area contributed by atoms with Crippen LogP contribution in [0.25, 0.3) is 0 Å². The number of nitrogens with one attached hydrogen (secondary N) is 2. The highest BCUT2D eigenvalue weighted by Gasteiger charge is 2.54. The van der Waals surface area contributed by atoms with Crippen molar-refractivity contribution in [3.8, 4) is 0 Å². The van der Waals surface area contributed by atoms with Crippen molar-refractivity contribution in [1.29, 1.82) is 0 Å². The van der Waals surface area contributed by atoms with E-state index in [1.165, 1.54) is 11.1 Å². The van der Waals surface area contributed by atoms with Crippen LogP contribution in [0.5, 0.6) is 0 Å². The fraction of sp³-hybridized carbons (Fsp3) is 0.625. The van der Waals surface area contributed by atoms with Crippen LogP contribution in [0.2, 0.25) is 0 Å². The summed E-state index contributed by atoms with van der Waals surface area (Å²) < 4.78 is 22.4. The Labute approximate surface area is 309 Å². The molecule has 0 bridgehead atoms. The molecule has 0 aliphatic carbocycles. The molecule has 4 heterocycles. The van der Waals surface area contributed by atoms with Crippen LogP contribution in [0.4, 0.5) is 9.59 Å². The molecule has 4 fully saturated rings. The van der Waals surface area contributed by atoms with Gasteiger partial charge in [0, 0.05) is 44.8 Å². The molecule has 0 spiro atoms. The van der Waals surface area contributed by atoms with Gasteiger partial charge in [0.25, 0.3) is 0 Å². The minimum absolute atomic E-state index is 0.00932. The molecule has 4 saturated heterocycles. The van der Waals surface area contributed by atoms with Crippen molar-refractivity contribution in [3.63, 3.8) is 0 Å². The Kier molecular flexibility index (Phi) is 12.1. The summed E-state index contributed by atoms with van der Waals surface area (Å²) in [4.78, 5) is 30.4. The van der Waals surface area contributed by atoms with E-state index in [1.807, 2.05) is 65.8 Å². The number of thiocarbonyl (C=S) groups is 1. The maximum atomic E-state index is 12.5. The summed E-state index contributed by atoms with van der Waals surface area (Å²) in [6, 6.07) is 21.3. The smallest absolute Gasteiger partial charge is 0.408 e. The third-order valence-electron chi connectivity index (χ3n) is 10.5. The van der Waals surface area contributed by atoms with Gasteiger partial charge in [-0.15, -0.1) is 0 Å². The van der Waals surface area contributed by atoms with E-state index in [0.717, 1.165) is 30.9 Å². The van der Waals surface area contributed by atoms with Crippen LogP contribution in [-0.4, -0.2) is 95.3 Å². The molecule has 6 atom stereocenters. The minimum atomic E-state index is -0.530. The van der Waals surface area contributed by atoms with Gasteiger partial charge < -0.3 is 34.5 Å². The molecule has 11 heteroatoms. The SMILES string of the molecule is C[C@H](c1ccccc1)N1C[C@H]2COCC[C@@]2(NC(=O)OC(C)(C)C)C1.C[C@H](c1ccccc1)N1C[C@]2(NC(=O)OC(C)(C)C)CCOC[C@@H]2C1=S. The van der Waals surface area contributed by atoms with Gasteiger partial charge in [-0.2, -0.15) is 0 Å². The lowest BCUT2D eigenvalue weighted by Crippen LogP contribution is -2.59. The van der Waals surface area contributed by atoms with Crippen molar-refractivity contribution in [1.82, 2.24) is 20.4 Å². The number of benzene rings is 2. The lowest BCUT2D eigenvalue weighted by atomic mass is 9.83. The first kappa shape index (κ1) is 39.0. The summed E-state index contributed by atoms with van der Waals surface area (Å²) in [6.07, 6.45) is 0.847. The van der Waals surface area contributed by atoms with Crippen LogP contribution < -0.4 is 10.6 Å². The lowest BCUT2D eigenvalue weighted by Gasteiger charge is -2.39. The van der Waals surface area contributed by atoms with E-state index in [1.54, 1.807) is 0 Å². The van der Waals surface area contributed by atoms with Crippen LogP contribution in [0.15, 0.2) is 60.7 Å². The molecular formula is C40H58N4O6S. The third kappa shape index (κ3) is 9.60. The van der Waals surface area contributed by atoms with Crippen molar-refractivity contribution < 1.29 is 28.5 Å². The summed E-state index contributed by atoms with van der Waals surface area (Å²) >= 11 is 5.80. The van der Waals surface area contributed by atoms with Crippen molar-refractivity contribution in [2.45, 2.75) is 103 Å². The summed E-state index contributed by atoms with van der Waals surface area (Å²) in [5, 5.41) is 6.35. The molecule has 0 saturated carbocycles. The zero-order valence-electron chi connectivity index (χ0n) is 31.7. The van der Waals surface area contributed by atoms with Crippen molar-refractivity contribution in [2.24, 2.45) is 11.8 Å². The molecule has 2 amide bonds. The Morgan fingerprint density at radius 3 is 1.80 bits per heavy atom. The van der Waals surface area contributed by atoms with E-state index in [0.29, 0.717) is 44.9 Å². The topological polar surface area (TPSA) is 102 Å². The van der Waals surface area contributed by atoms with Crippen molar-refractivity contribution in [3.05, 3.63) is 71.8 Å². The van der Waals surface area contributed by atoms with Crippen molar-refractivity contribution in [2.75, 3.05) is 46.1 Å². The van der Waals surface area contributed by atoms with Gasteiger partial charge >= 0.3 is 12.2 Å². The highest BCUT2D eigenvalue weighted by Crippen LogP contribution is 2.41. The second-order valence-corrected chi connectivity index (χ2v) is 17.0. The molecule has 4 aliphatic heterocycles. The van der Waals surface area contributed by atoms with Crippen molar-refractivity contribution >= 4 is 29.4 Å². The zero-order valence-corrected chi connectivity index (χ0v) is 32.5. The number of likely N-dealkylation sites (tertiary alicyclic amines) is 2. The van der Waals surface area contributed by atoms with Gasteiger partial charge in [-0.25, -0.2) is 9.59 Å². The summed E-state index contributed by atoms with van der Waals surface area (Å²) in [6.45, 7) is 20.6. The molecule has 0 unspecified atom stereocenters. The van der Waals surface area contributed by atoms with E-state index in [2.05, 4.69) is 70.7 Å². The maximum absolute atomic E-state index is 12.5. The fourth-order valence-corrected chi connectivity index (χ4v) is 8.26. The molecule has 0 aromatic heterocycles. The van der Waals surface area contributed by atoms with Crippen LogP contribution in [0.3, 0.4) is 0 Å². The molecule has 2 aromatic rings. The number of amides is 2. The second kappa shape index (κ2) is 15.8. The molecule has 2 N–H and O–H groups in total. The van der Waals surface area contributed by atoms with Gasteiger partial charge in [0.2, 0.25) is 0 Å². The van der Waals surface area contributed by atoms with E-state index in [4.69, 9.17) is 31.2 Å². The van der Waals surface area contributed by atoms with Gasteiger partial charge in [-0.05, 0) is 79.4 Å². The molecule has 6 rings (SSSR count). The summed E-state index contributed by atoms with van der Waals surface area (Å²) in [5.41, 5.74) is 0.801. The standard InChI is InChI=1S/C20H28N2O3S.C20H30N2O3/c1-14(15-8-6-5-7-9-15)22-13-20(21-18(23)25-19(2,3)4)10-11-24-12-16(20)17(22)26;1-15(16-8-6-5-7-9-16)22-12-17-13-24-11-10-20(17,14-22)21-18(23)25-19(2,3)4/h5-9,14,16H,10-13H2,1-4H3,(H,21,23);5-9,15,17H,10-14H2,1-4H3,(H,21,23)/t14-,16-,20-;15-,17+,20-/m11/s1. The minimum Gasteiger partial charge on any atom is -0.444 e. The largest absolute Gasteiger partial charge is 0.444 e. The van der Waals surface area contributed by atoms with E-state index < -0.39 is 16.7 Å². The highest BCUT2D eigenvalue weighted by atomic mass is 32.1.